The van der Waals surface area contributed by atoms with Crippen LogP contribution in [0.2, 0.25) is 0 Å². The highest BCUT2D eigenvalue weighted by molar-refractivity contribution is 5.55. The zero-order valence-corrected chi connectivity index (χ0v) is 18.1. The van der Waals surface area contributed by atoms with E-state index >= 15 is 0 Å². The molecule has 2 aromatic rings. The fourth-order valence-corrected chi connectivity index (χ4v) is 4.40. The first-order chi connectivity index (χ1) is 13.8. The van der Waals surface area contributed by atoms with Gasteiger partial charge in [-0.2, -0.15) is 0 Å². The lowest BCUT2D eigenvalue weighted by Crippen LogP contribution is -2.16. The van der Waals surface area contributed by atoms with Crippen molar-refractivity contribution >= 4 is 0 Å². The number of nitrogens with zero attached hydrogens (tertiary/aromatic N) is 2. The summed E-state index contributed by atoms with van der Waals surface area (Å²) in [6.45, 7) is 4.55. The van der Waals surface area contributed by atoms with Crippen molar-refractivity contribution in [2.75, 3.05) is 0 Å². The number of hydrogen-bond donors (Lipinski definition) is 0. The van der Waals surface area contributed by atoms with Crippen LogP contribution in [0.5, 0.6) is 0 Å². The molecule has 0 bridgehead atoms. The van der Waals surface area contributed by atoms with E-state index in [9.17, 15) is 0 Å². The number of hydrogen-bond acceptors (Lipinski definition) is 2. The van der Waals surface area contributed by atoms with Crippen molar-refractivity contribution in [3.05, 3.63) is 47.3 Å². The maximum Gasteiger partial charge on any atom is 0.159 e. The molecule has 152 valence electrons. The molecule has 0 fully saturated rings. The summed E-state index contributed by atoms with van der Waals surface area (Å²) in [4.78, 5) is 9.64. The topological polar surface area (TPSA) is 25.8 Å². The number of unbranched alkanes of at least 4 members (excludes halogenated alkanes) is 6. The molecule has 0 N–H and O–H groups in total. The van der Waals surface area contributed by atoms with Gasteiger partial charge in [0.2, 0.25) is 0 Å². The first-order valence-corrected chi connectivity index (χ1v) is 11.7. The van der Waals surface area contributed by atoms with Crippen LogP contribution in [0.1, 0.15) is 94.9 Å². The van der Waals surface area contributed by atoms with E-state index < -0.39 is 0 Å². The lowest BCUT2D eigenvalue weighted by atomic mass is 9.84. The van der Waals surface area contributed by atoms with E-state index in [4.69, 9.17) is 9.97 Å². The van der Waals surface area contributed by atoms with Gasteiger partial charge < -0.3 is 0 Å². The van der Waals surface area contributed by atoms with Crippen LogP contribution in [0.15, 0.2) is 30.5 Å². The average Bonchev–Trinajstić information content (AvgIpc) is 2.74. The quantitative estimate of drug-likeness (QED) is 0.382. The van der Waals surface area contributed by atoms with E-state index in [0.717, 1.165) is 23.7 Å². The molecular weight excluding hydrogens is 340 g/mol. The Labute approximate surface area is 172 Å². The average molecular weight is 379 g/mol. The lowest BCUT2D eigenvalue weighted by Gasteiger charge is -2.23. The SMILES string of the molecule is CCCCCCCc1ccc(-c2ncc3c(n2)CCC(CCCCC)C3)cc1. The van der Waals surface area contributed by atoms with Crippen LogP contribution in [0.25, 0.3) is 11.4 Å². The van der Waals surface area contributed by atoms with Crippen LogP contribution in [-0.2, 0) is 19.3 Å². The second-order valence-electron chi connectivity index (χ2n) is 8.63. The Hall–Kier alpha value is -1.70. The molecule has 1 unspecified atom stereocenters. The van der Waals surface area contributed by atoms with Gasteiger partial charge in [0.15, 0.2) is 5.82 Å². The monoisotopic (exact) mass is 378 g/mol. The highest BCUT2D eigenvalue weighted by Gasteiger charge is 2.20. The smallest absolute Gasteiger partial charge is 0.159 e. The third-order valence-electron chi connectivity index (χ3n) is 6.25. The van der Waals surface area contributed by atoms with Crippen molar-refractivity contribution in [2.45, 2.75) is 97.3 Å². The fraction of sp³-hybridized carbons (Fsp3) is 0.615. The normalized spacial score (nSPS) is 16.1. The summed E-state index contributed by atoms with van der Waals surface area (Å²) in [6.07, 6.45) is 19.0. The Morgan fingerprint density at radius 2 is 1.64 bits per heavy atom. The standard InChI is InChI=1S/C26H38N2/c1-3-5-7-8-10-11-21-13-16-23(17-14-21)26-27-20-24-19-22(12-9-6-4-2)15-18-25(24)28-26/h13-14,16-17,20,22H,3-12,15,18-19H2,1-2H3. The summed E-state index contributed by atoms with van der Waals surface area (Å²) in [6, 6.07) is 8.95. The molecule has 1 atom stereocenters. The van der Waals surface area contributed by atoms with Crippen molar-refractivity contribution < 1.29 is 0 Å². The van der Waals surface area contributed by atoms with Crippen molar-refractivity contribution in [3.8, 4) is 11.4 Å². The van der Waals surface area contributed by atoms with Gasteiger partial charge in [0.1, 0.15) is 0 Å². The minimum Gasteiger partial charge on any atom is -0.236 e. The summed E-state index contributed by atoms with van der Waals surface area (Å²) in [7, 11) is 0. The molecule has 3 rings (SSSR count). The summed E-state index contributed by atoms with van der Waals surface area (Å²) in [5.41, 5.74) is 5.27. The Bertz CT molecular complexity index is 705. The van der Waals surface area contributed by atoms with Gasteiger partial charge in [0, 0.05) is 17.5 Å². The molecule has 2 nitrogen and oxygen atoms in total. The van der Waals surface area contributed by atoms with E-state index in [1.165, 1.54) is 93.9 Å². The summed E-state index contributed by atoms with van der Waals surface area (Å²) in [5, 5.41) is 0. The van der Waals surface area contributed by atoms with E-state index in [-0.39, 0.29) is 0 Å². The molecule has 0 aliphatic heterocycles. The predicted molar refractivity (Wildman–Crippen MR) is 120 cm³/mol. The molecule has 1 heterocycles. The van der Waals surface area contributed by atoms with E-state index in [1.54, 1.807) is 0 Å². The molecule has 1 aliphatic carbocycles. The van der Waals surface area contributed by atoms with E-state index in [1.807, 2.05) is 0 Å². The van der Waals surface area contributed by atoms with Gasteiger partial charge in [-0.25, -0.2) is 9.97 Å². The Kier molecular flexibility index (Phi) is 8.51. The van der Waals surface area contributed by atoms with E-state index in [0.29, 0.717) is 0 Å². The van der Waals surface area contributed by atoms with Gasteiger partial charge in [-0.05, 0) is 49.1 Å². The van der Waals surface area contributed by atoms with Crippen LogP contribution in [0.3, 0.4) is 0 Å². The predicted octanol–water partition coefficient (Wildman–Crippen LogP) is 7.34. The van der Waals surface area contributed by atoms with Crippen LogP contribution in [-0.4, -0.2) is 9.97 Å². The highest BCUT2D eigenvalue weighted by Crippen LogP contribution is 2.29. The van der Waals surface area contributed by atoms with Crippen molar-refractivity contribution in [2.24, 2.45) is 5.92 Å². The van der Waals surface area contributed by atoms with Crippen molar-refractivity contribution in [1.29, 1.82) is 0 Å². The minimum atomic E-state index is 0.838. The molecule has 0 radical (unpaired) electrons. The van der Waals surface area contributed by atoms with Crippen LogP contribution in [0, 0.1) is 5.92 Å². The van der Waals surface area contributed by atoms with Crippen LogP contribution < -0.4 is 0 Å². The maximum absolute atomic E-state index is 4.93. The Morgan fingerprint density at radius 1 is 0.893 bits per heavy atom. The third-order valence-corrected chi connectivity index (χ3v) is 6.25. The summed E-state index contributed by atoms with van der Waals surface area (Å²) >= 11 is 0. The zero-order valence-electron chi connectivity index (χ0n) is 18.1. The summed E-state index contributed by atoms with van der Waals surface area (Å²) in [5.74, 6) is 1.74. The van der Waals surface area contributed by atoms with Gasteiger partial charge in [0.05, 0.1) is 0 Å². The fourth-order valence-electron chi connectivity index (χ4n) is 4.40. The molecule has 0 saturated heterocycles. The molecule has 0 saturated carbocycles. The molecule has 0 spiro atoms. The number of aromatic nitrogens is 2. The first-order valence-electron chi connectivity index (χ1n) is 11.7. The van der Waals surface area contributed by atoms with Crippen molar-refractivity contribution in [1.82, 2.24) is 9.97 Å². The number of aryl methyl sites for hydroxylation is 2. The van der Waals surface area contributed by atoms with Gasteiger partial charge in [-0.3, -0.25) is 0 Å². The van der Waals surface area contributed by atoms with Crippen LogP contribution >= 0.6 is 0 Å². The van der Waals surface area contributed by atoms with Crippen LogP contribution in [0.4, 0.5) is 0 Å². The molecular formula is C26H38N2. The van der Waals surface area contributed by atoms with Gasteiger partial charge >= 0.3 is 0 Å². The Morgan fingerprint density at radius 3 is 2.43 bits per heavy atom. The van der Waals surface area contributed by atoms with Gasteiger partial charge in [0.25, 0.3) is 0 Å². The van der Waals surface area contributed by atoms with E-state index in [2.05, 4.69) is 44.3 Å². The largest absolute Gasteiger partial charge is 0.236 e. The second kappa shape index (κ2) is 11.3. The number of benzene rings is 1. The maximum atomic E-state index is 4.93. The van der Waals surface area contributed by atoms with Crippen molar-refractivity contribution in [3.63, 3.8) is 0 Å². The molecule has 1 aromatic carbocycles. The third kappa shape index (κ3) is 6.15. The molecule has 1 aromatic heterocycles. The van der Waals surface area contributed by atoms with Gasteiger partial charge in [-0.15, -0.1) is 0 Å². The summed E-state index contributed by atoms with van der Waals surface area (Å²) < 4.78 is 0. The minimum absolute atomic E-state index is 0.838. The van der Waals surface area contributed by atoms with Gasteiger partial charge in [-0.1, -0.05) is 89.5 Å². The second-order valence-corrected chi connectivity index (χ2v) is 8.63. The Balaban J connectivity index is 1.55. The highest BCUT2D eigenvalue weighted by atomic mass is 14.9. The lowest BCUT2D eigenvalue weighted by molar-refractivity contribution is 0.404. The molecule has 28 heavy (non-hydrogen) atoms. The molecule has 0 amide bonds. The molecule has 2 heteroatoms. The zero-order chi connectivity index (χ0) is 19.6. The number of rotatable bonds is 11. The number of fused-ring (bicyclic) bond motifs is 1. The molecule has 1 aliphatic rings. The first kappa shape index (κ1) is 21.0.